The van der Waals surface area contributed by atoms with Crippen LogP contribution in [0.15, 0.2) is 46.9 Å². The van der Waals surface area contributed by atoms with Crippen LogP contribution in [0.3, 0.4) is 0 Å². The van der Waals surface area contributed by atoms with Gasteiger partial charge in [0.05, 0.1) is 11.3 Å². The zero-order chi connectivity index (χ0) is 18.5. The molecule has 0 saturated heterocycles. The van der Waals surface area contributed by atoms with Crippen LogP contribution in [-0.4, -0.2) is 26.8 Å². The average Bonchev–Trinajstić information content (AvgIpc) is 3.34. The number of anilines is 1. The summed E-state index contributed by atoms with van der Waals surface area (Å²) in [6.45, 7) is 1.85. The van der Waals surface area contributed by atoms with Crippen molar-refractivity contribution in [3.05, 3.63) is 65.0 Å². The van der Waals surface area contributed by atoms with Gasteiger partial charge in [0.15, 0.2) is 5.76 Å². The molecule has 27 heavy (non-hydrogen) atoms. The topological polar surface area (TPSA) is 85.2 Å². The number of fused-ring (bicyclic) bond motifs is 1. The highest BCUT2D eigenvalue weighted by Gasteiger charge is 2.45. The smallest absolute Gasteiger partial charge is 0.263 e. The predicted octanol–water partition coefficient (Wildman–Crippen LogP) is 3.74. The number of carbonyl (C=O) groups is 1. The van der Waals surface area contributed by atoms with E-state index in [0.29, 0.717) is 22.7 Å². The summed E-state index contributed by atoms with van der Waals surface area (Å²) in [5.74, 6) is 1.32. The monoisotopic (exact) mass is 358 g/mol. The molecule has 3 aromatic rings. The highest BCUT2D eigenvalue weighted by atomic mass is 16.3. The van der Waals surface area contributed by atoms with E-state index in [-0.39, 0.29) is 17.9 Å². The Hall–Kier alpha value is -3.41. The van der Waals surface area contributed by atoms with Gasteiger partial charge < -0.3 is 15.1 Å². The lowest BCUT2D eigenvalue weighted by molar-refractivity contribution is 0.0844. The first kappa shape index (κ1) is 15.8. The van der Waals surface area contributed by atoms with Crippen LogP contribution in [0, 0.1) is 6.92 Å². The van der Waals surface area contributed by atoms with Crippen molar-refractivity contribution in [2.24, 2.45) is 0 Å². The highest BCUT2D eigenvalue weighted by molar-refractivity contribution is 6.14. The van der Waals surface area contributed by atoms with Gasteiger partial charge in [-0.2, -0.15) is 0 Å². The minimum absolute atomic E-state index is 0.0845. The Morgan fingerprint density at radius 2 is 1.85 bits per heavy atom. The number of nitrogens with zero attached hydrogens (tertiary/aromatic N) is 3. The number of benzene rings is 1. The van der Waals surface area contributed by atoms with E-state index >= 15 is 0 Å². The molecule has 1 saturated carbocycles. The van der Waals surface area contributed by atoms with Gasteiger partial charge in [0.1, 0.15) is 17.1 Å². The van der Waals surface area contributed by atoms with Crippen molar-refractivity contribution in [3.8, 4) is 11.5 Å². The number of rotatable bonds is 3. The van der Waals surface area contributed by atoms with E-state index < -0.39 is 0 Å². The first-order chi connectivity index (χ1) is 13.1. The molecule has 134 valence electrons. The van der Waals surface area contributed by atoms with Gasteiger partial charge >= 0.3 is 0 Å². The number of hydrogen-bond donors (Lipinski definition) is 1. The van der Waals surface area contributed by atoms with E-state index in [9.17, 15) is 4.79 Å². The molecule has 1 aliphatic carbocycles. The molecule has 2 N–H and O–H groups in total. The number of amides is 1. The number of aryl methyl sites for hydroxylation is 1. The average molecular weight is 358 g/mol. The third kappa shape index (κ3) is 2.61. The fraction of sp³-hybridized carbons (Fsp3) is 0.190. The number of furan rings is 1. The van der Waals surface area contributed by atoms with Crippen LogP contribution >= 0.6 is 0 Å². The minimum atomic E-state index is -0.0845. The summed E-state index contributed by atoms with van der Waals surface area (Å²) in [4.78, 5) is 23.9. The van der Waals surface area contributed by atoms with E-state index in [1.165, 1.54) is 0 Å². The molecule has 1 aromatic carbocycles. The number of nitrogen functional groups attached to an aromatic ring is 1. The molecular weight excluding hydrogens is 340 g/mol. The van der Waals surface area contributed by atoms with Crippen LogP contribution in [0.1, 0.15) is 40.2 Å². The molecule has 0 unspecified atom stereocenters. The van der Waals surface area contributed by atoms with Crippen molar-refractivity contribution < 1.29 is 9.21 Å². The van der Waals surface area contributed by atoms with E-state index in [1.54, 1.807) is 0 Å². The van der Waals surface area contributed by atoms with Gasteiger partial charge in [0, 0.05) is 6.04 Å². The molecule has 0 spiro atoms. The van der Waals surface area contributed by atoms with Gasteiger partial charge in [-0.15, -0.1) is 0 Å². The predicted molar refractivity (Wildman–Crippen MR) is 102 cm³/mol. The van der Waals surface area contributed by atoms with Crippen LogP contribution < -0.4 is 5.73 Å². The molecule has 0 radical (unpaired) electrons. The Morgan fingerprint density at radius 3 is 2.52 bits per heavy atom. The summed E-state index contributed by atoms with van der Waals surface area (Å²) in [5.41, 5.74) is 9.28. The van der Waals surface area contributed by atoms with E-state index in [2.05, 4.69) is 9.97 Å². The van der Waals surface area contributed by atoms with Crippen LogP contribution in [0.25, 0.3) is 23.2 Å². The fourth-order valence-corrected chi connectivity index (χ4v) is 3.49. The molecule has 6 heteroatoms. The molecule has 1 fully saturated rings. The molecule has 2 aromatic heterocycles. The largest absolute Gasteiger partial charge is 0.460 e. The molecule has 1 aliphatic heterocycles. The Labute approximate surface area is 156 Å². The van der Waals surface area contributed by atoms with Crippen LogP contribution in [0.2, 0.25) is 0 Å². The van der Waals surface area contributed by atoms with Gasteiger partial charge in [-0.25, -0.2) is 9.97 Å². The zero-order valence-electron chi connectivity index (χ0n) is 14.8. The number of aromatic nitrogens is 2. The summed E-state index contributed by atoms with van der Waals surface area (Å²) >= 11 is 0. The van der Waals surface area contributed by atoms with Crippen molar-refractivity contribution in [2.75, 3.05) is 5.73 Å². The van der Waals surface area contributed by atoms with E-state index in [1.807, 2.05) is 60.4 Å². The third-order valence-corrected chi connectivity index (χ3v) is 4.85. The third-order valence-electron chi connectivity index (χ3n) is 4.85. The molecule has 6 nitrogen and oxygen atoms in total. The maximum absolute atomic E-state index is 13.3. The standard InChI is InChI=1S/C21H18N4O2/c1-12-7-10-16(27-12)19-17-18(23-21(22)24-19)15(11-13-5-3-2-4-6-13)25(20(17)26)14-8-9-14/h2-7,10-11,14H,8-9H2,1H3,(H2,22,23,24)/b15-11+. The van der Waals surface area contributed by atoms with Gasteiger partial charge in [0.2, 0.25) is 5.95 Å². The number of carbonyl (C=O) groups excluding carboxylic acids is 1. The van der Waals surface area contributed by atoms with Gasteiger partial charge in [-0.3, -0.25) is 4.79 Å². The van der Waals surface area contributed by atoms with Crippen molar-refractivity contribution in [2.45, 2.75) is 25.8 Å². The zero-order valence-corrected chi connectivity index (χ0v) is 14.8. The van der Waals surface area contributed by atoms with Crippen molar-refractivity contribution in [1.82, 2.24) is 14.9 Å². The maximum atomic E-state index is 13.3. The summed E-state index contributed by atoms with van der Waals surface area (Å²) < 4.78 is 5.73. The highest BCUT2D eigenvalue weighted by Crippen LogP contribution is 2.44. The van der Waals surface area contributed by atoms with E-state index in [4.69, 9.17) is 10.2 Å². The maximum Gasteiger partial charge on any atom is 0.263 e. The second kappa shape index (κ2) is 5.81. The first-order valence-corrected chi connectivity index (χ1v) is 8.97. The number of nitrogens with two attached hydrogens (primary N) is 1. The Kier molecular flexibility index (Phi) is 3.40. The molecule has 0 bridgehead atoms. The van der Waals surface area contributed by atoms with Crippen molar-refractivity contribution >= 4 is 23.6 Å². The van der Waals surface area contributed by atoms with Crippen molar-refractivity contribution in [1.29, 1.82) is 0 Å². The SMILES string of the molecule is Cc1ccc(-c2nc(N)nc3c2C(=O)N(C2CC2)/C3=C/c2ccccc2)o1. The summed E-state index contributed by atoms with van der Waals surface area (Å²) in [5, 5.41) is 0. The first-order valence-electron chi connectivity index (χ1n) is 8.97. The van der Waals surface area contributed by atoms with Crippen LogP contribution in [0.4, 0.5) is 5.95 Å². The molecule has 1 amide bonds. The van der Waals surface area contributed by atoms with Crippen molar-refractivity contribution in [3.63, 3.8) is 0 Å². The lowest BCUT2D eigenvalue weighted by Crippen LogP contribution is -2.25. The summed E-state index contributed by atoms with van der Waals surface area (Å²) in [6.07, 6.45) is 3.97. The normalized spacial score (nSPS) is 17.6. The van der Waals surface area contributed by atoms with Gasteiger partial charge in [-0.05, 0) is 43.5 Å². The van der Waals surface area contributed by atoms with Gasteiger partial charge in [-0.1, -0.05) is 30.3 Å². The fourth-order valence-electron chi connectivity index (χ4n) is 3.49. The lowest BCUT2D eigenvalue weighted by atomic mass is 10.1. The van der Waals surface area contributed by atoms with Gasteiger partial charge in [0.25, 0.3) is 5.91 Å². The second-order valence-electron chi connectivity index (χ2n) is 6.91. The summed E-state index contributed by atoms with van der Waals surface area (Å²) in [6, 6.07) is 13.8. The lowest BCUT2D eigenvalue weighted by Gasteiger charge is -2.17. The Morgan fingerprint density at radius 1 is 1.11 bits per heavy atom. The Bertz CT molecular complexity index is 1080. The molecule has 3 heterocycles. The Balaban J connectivity index is 1.74. The van der Waals surface area contributed by atoms with Crippen LogP contribution in [-0.2, 0) is 0 Å². The molecule has 2 aliphatic rings. The molecule has 0 atom stereocenters. The second-order valence-corrected chi connectivity index (χ2v) is 6.91. The molecule has 5 rings (SSSR count). The van der Waals surface area contributed by atoms with E-state index in [0.717, 1.165) is 29.9 Å². The molecular formula is C21H18N4O2. The number of hydrogen-bond acceptors (Lipinski definition) is 5. The quantitative estimate of drug-likeness (QED) is 0.771. The minimum Gasteiger partial charge on any atom is -0.460 e. The van der Waals surface area contributed by atoms with Crippen LogP contribution in [0.5, 0.6) is 0 Å². The summed E-state index contributed by atoms with van der Waals surface area (Å²) in [7, 11) is 0.